The first-order valence-corrected chi connectivity index (χ1v) is 7.95. The number of anilines is 1. The van der Waals surface area contributed by atoms with Crippen LogP contribution in [0.3, 0.4) is 0 Å². The van der Waals surface area contributed by atoms with Crippen molar-refractivity contribution in [2.75, 3.05) is 11.4 Å². The molecule has 7 heteroatoms. The van der Waals surface area contributed by atoms with Crippen LogP contribution in [0.2, 0.25) is 0 Å². The van der Waals surface area contributed by atoms with Crippen LogP contribution in [0.15, 0.2) is 18.2 Å². The summed E-state index contributed by atoms with van der Waals surface area (Å²) in [5.74, 6) is -0.337. The van der Waals surface area contributed by atoms with Gasteiger partial charge in [-0.1, -0.05) is 12.1 Å². The molecule has 1 fully saturated rings. The standard InChI is InChI=1S/C12H11ClN2O3S/c1-8-3-2-4-11(10(8)6-14)15-7-9(5-12(15)16)19(13,17)18/h2-4,9H,5,7H2,1H3. The lowest BCUT2D eigenvalue weighted by Gasteiger charge is -2.18. The highest BCUT2D eigenvalue weighted by Gasteiger charge is 2.38. The summed E-state index contributed by atoms with van der Waals surface area (Å²) in [5.41, 5.74) is 1.56. The summed E-state index contributed by atoms with van der Waals surface area (Å²) in [7, 11) is 1.51. The van der Waals surface area contributed by atoms with Crippen LogP contribution in [-0.2, 0) is 13.8 Å². The maximum Gasteiger partial charge on any atom is 0.237 e. The molecule has 0 spiro atoms. The zero-order valence-corrected chi connectivity index (χ0v) is 11.7. The van der Waals surface area contributed by atoms with Crippen molar-refractivity contribution < 1.29 is 13.2 Å². The lowest BCUT2D eigenvalue weighted by Crippen LogP contribution is -2.27. The van der Waals surface area contributed by atoms with Crippen molar-refractivity contribution in [1.82, 2.24) is 0 Å². The Hall–Kier alpha value is -1.58. The fraction of sp³-hybridized carbons (Fsp3) is 0.333. The van der Waals surface area contributed by atoms with Crippen LogP contribution in [0.4, 0.5) is 5.69 Å². The number of hydrogen-bond donors (Lipinski definition) is 0. The van der Waals surface area contributed by atoms with Crippen LogP contribution in [0.1, 0.15) is 17.5 Å². The zero-order valence-electron chi connectivity index (χ0n) is 10.1. The highest BCUT2D eigenvalue weighted by atomic mass is 35.7. The van der Waals surface area contributed by atoms with E-state index in [2.05, 4.69) is 0 Å². The first-order valence-electron chi connectivity index (χ1n) is 5.58. The first kappa shape index (κ1) is 13.8. The predicted molar refractivity (Wildman–Crippen MR) is 71.4 cm³/mol. The smallest absolute Gasteiger partial charge is 0.237 e. The molecule has 19 heavy (non-hydrogen) atoms. The molecule has 1 aromatic rings. The van der Waals surface area contributed by atoms with E-state index in [0.29, 0.717) is 11.3 Å². The molecular weight excluding hydrogens is 288 g/mol. The summed E-state index contributed by atoms with van der Waals surface area (Å²) in [6, 6.07) is 7.16. The molecule has 0 N–H and O–H groups in total. The molecule has 1 unspecified atom stereocenters. The monoisotopic (exact) mass is 298 g/mol. The van der Waals surface area contributed by atoms with E-state index in [-0.39, 0.29) is 18.9 Å². The normalized spacial score (nSPS) is 19.5. The molecule has 0 aromatic heterocycles. The minimum absolute atomic E-state index is 0.0111. The Labute approximate surface area is 115 Å². The van der Waals surface area contributed by atoms with Gasteiger partial charge in [0.2, 0.25) is 15.0 Å². The summed E-state index contributed by atoms with van der Waals surface area (Å²) in [6.45, 7) is 1.75. The van der Waals surface area contributed by atoms with Crippen LogP contribution < -0.4 is 4.90 Å². The van der Waals surface area contributed by atoms with Crippen molar-refractivity contribution in [2.24, 2.45) is 0 Å². The van der Waals surface area contributed by atoms with Crippen molar-refractivity contribution in [3.63, 3.8) is 0 Å². The van der Waals surface area contributed by atoms with Gasteiger partial charge in [-0.2, -0.15) is 5.26 Å². The van der Waals surface area contributed by atoms with Gasteiger partial charge in [0, 0.05) is 23.6 Å². The number of nitrogens with zero attached hydrogens (tertiary/aromatic N) is 2. The van der Waals surface area contributed by atoms with Gasteiger partial charge >= 0.3 is 0 Å². The second-order valence-corrected chi connectivity index (χ2v) is 7.30. The summed E-state index contributed by atoms with van der Waals surface area (Å²) in [5, 5.41) is 8.22. The molecule has 0 saturated carbocycles. The number of aryl methyl sites for hydroxylation is 1. The molecule has 1 aliphatic heterocycles. The maximum absolute atomic E-state index is 11.9. The summed E-state index contributed by atoms with van der Waals surface area (Å²) < 4.78 is 22.6. The number of carbonyl (C=O) groups is 1. The molecule has 1 saturated heterocycles. The molecule has 0 aliphatic carbocycles. The van der Waals surface area contributed by atoms with Crippen LogP contribution >= 0.6 is 10.7 Å². The molecule has 2 rings (SSSR count). The maximum atomic E-state index is 11.9. The molecular formula is C12H11ClN2O3S. The number of nitriles is 1. The van der Waals surface area contributed by atoms with Crippen LogP contribution in [0.25, 0.3) is 0 Å². The van der Waals surface area contributed by atoms with E-state index in [0.717, 1.165) is 5.56 Å². The van der Waals surface area contributed by atoms with Crippen molar-refractivity contribution in [1.29, 1.82) is 5.26 Å². The highest BCUT2D eigenvalue weighted by Crippen LogP contribution is 2.30. The summed E-state index contributed by atoms with van der Waals surface area (Å²) in [4.78, 5) is 13.2. The third-order valence-corrected chi connectivity index (χ3v) is 5.01. The minimum atomic E-state index is -3.78. The Morgan fingerprint density at radius 2 is 2.16 bits per heavy atom. The molecule has 0 radical (unpaired) electrons. The number of rotatable bonds is 2. The molecule has 0 bridgehead atoms. The van der Waals surface area contributed by atoms with Gasteiger partial charge in [-0.3, -0.25) is 4.79 Å². The van der Waals surface area contributed by atoms with Crippen molar-refractivity contribution in [3.8, 4) is 6.07 Å². The number of halogens is 1. The van der Waals surface area contributed by atoms with Gasteiger partial charge in [0.1, 0.15) is 11.3 Å². The minimum Gasteiger partial charge on any atom is -0.310 e. The van der Waals surface area contributed by atoms with E-state index in [1.807, 2.05) is 6.07 Å². The fourth-order valence-electron chi connectivity index (χ4n) is 2.12. The van der Waals surface area contributed by atoms with E-state index in [1.54, 1.807) is 25.1 Å². The van der Waals surface area contributed by atoms with Gasteiger partial charge in [-0.15, -0.1) is 0 Å². The van der Waals surface area contributed by atoms with Crippen molar-refractivity contribution >= 4 is 31.3 Å². The fourth-order valence-corrected chi connectivity index (χ4v) is 3.15. The van der Waals surface area contributed by atoms with Crippen molar-refractivity contribution in [2.45, 2.75) is 18.6 Å². The van der Waals surface area contributed by atoms with Crippen LogP contribution in [-0.4, -0.2) is 26.1 Å². The number of hydrogen-bond acceptors (Lipinski definition) is 4. The largest absolute Gasteiger partial charge is 0.310 e. The Morgan fingerprint density at radius 3 is 2.68 bits per heavy atom. The Balaban J connectivity index is 2.43. The van der Waals surface area contributed by atoms with E-state index >= 15 is 0 Å². The summed E-state index contributed by atoms with van der Waals surface area (Å²) in [6.07, 6.45) is -0.148. The SMILES string of the molecule is Cc1cccc(N2CC(S(=O)(=O)Cl)CC2=O)c1C#N. The molecule has 1 amide bonds. The average Bonchev–Trinajstić information content (AvgIpc) is 2.70. The van der Waals surface area contributed by atoms with Gasteiger partial charge in [0.25, 0.3) is 0 Å². The van der Waals surface area contributed by atoms with Crippen LogP contribution in [0, 0.1) is 18.3 Å². The van der Waals surface area contributed by atoms with Gasteiger partial charge in [-0.25, -0.2) is 8.42 Å². The first-order chi connectivity index (χ1) is 8.84. The number of carbonyl (C=O) groups excluding carboxylic acids is 1. The zero-order chi connectivity index (χ0) is 14.2. The topological polar surface area (TPSA) is 78.2 Å². The molecule has 1 atom stereocenters. The van der Waals surface area contributed by atoms with Gasteiger partial charge in [-0.05, 0) is 18.6 Å². The van der Waals surface area contributed by atoms with E-state index in [1.165, 1.54) is 4.90 Å². The molecule has 1 aliphatic rings. The predicted octanol–water partition coefficient (Wildman–Crippen LogP) is 1.54. The molecule has 1 heterocycles. The number of benzene rings is 1. The van der Waals surface area contributed by atoms with E-state index in [4.69, 9.17) is 15.9 Å². The van der Waals surface area contributed by atoms with Gasteiger partial charge in [0.05, 0.1) is 11.3 Å². The second-order valence-electron chi connectivity index (χ2n) is 4.39. The Kier molecular flexibility index (Phi) is 3.52. The summed E-state index contributed by atoms with van der Waals surface area (Å²) >= 11 is 0. The quantitative estimate of drug-likeness (QED) is 0.776. The lowest BCUT2D eigenvalue weighted by atomic mass is 10.1. The van der Waals surface area contributed by atoms with E-state index < -0.39 is 14.3 Å². The van der Waals surface area contributed by atoms with E-state index in [9.17, 15) is 13.2 Å². The van der Waals surface area contributed by atoms with Gasteiger partial charge in [0.15, 0.2) is 0 Å². The lowest BCUT2D eigenvalue weighted by molar-refractivity contribution is -0.117. The Morgan fingerprint density at radius 1 is 1.47 bits per heavy atom. The Bertz CT molecular complexity index is 679. The average molecular weight is 299 g/mol. The highest BCUT2D eigenvalue weighted by molar-refractivity contribution is 8.14. The molecule has 5 nitrogen and oxygen atoms in total. The third kappa shape index (κ3) is 2.57. The van der Waals surface area contributed by atoms with Crippen molar-refractivity contribution in [3.05, 3.63) is 29.3 Å². The van der Waals surface area contributed by atoms with Gasteiger partial charge < -0.3 is 4.90 Å². The molecule has 1 aromatic carbocycles. The number of amides is 1. The third-order valence-electron chi connectivity index (χ3n) is 3.14. The van der Waals surface area contributed by atoms with Crippen LogP contribution in [0.5, 0.6) is 0 Å². The second kappa shape index (κ2) is 4.83. The molecule has 100 valence electrons.